The Bertz CT molecular complexity index is 1810. The van der Waals surface area contributed by atoms with Gasteiger partial charge in [0, 0.05) is 41.9 Å². The zero-order valence-electron chi connectivity index (χ0n) is 26.7. The van der Waals surface area contributed by atoms with E-state index in [4.69, 9.17) is 28.1 Å². The Labute approximate surface area is 279 Å². The van der Waals surface area contributed by atoms with E-state index in [-0.39, 0.29) is 51.9 Å². The van der Waals surface area contributed by atoms with Gasteiger partial charge in [-0.1, -0.05) is 6.07 Å². The van der Waals surface area contributed by atoms with Crippen LogP contribution in [-0.4, -0.2) is 106 Å². The number of rotatable bonds is 12. The number of aliphatic hydroxyl groups is 5. The Morgan fingerprint density at radius 1 is 0.796 bits per heavy atom. The number of phenols is 3. The first-order valence-corrected chi connectivity index (χ1v) is 15.1. The van der Waals surface area contributed by atoms with Crippen LogP contribution in [-0.2, 0) is 15.9 Å². The second kappa shape index (κ2) is 14.9. The summed E-state index contributed by atoms with van der Waals surface area (Å²) < 4.78 is 34.3. The van der Waals surface area contributed by atoms with Crippen LogP contribution in [0.4, 0.5) is 0 Å². The summed E-state index contributed by atoms with van der Waals surface area (Å²) in [6.45, 7) is -1.21. The molecule has 1 fully saturated rings. The lowest BCUT2D eigenvalue weighted by molar-refractivity contribution is -0.317. The van der Waals surface area contributed by atoms with E-state index in [9.17, 15) is 45.6 Å². The van der Waals surface area contributed by atoms with Gasteiger partial charge in [-0.2, -0.15) is 0 Å². The summed E-state index contributed by atoms with van der Waals surface area (Å²) in [7, 11) is 4.14. The number of aromatic hydroxyl groups is 3. The lowest BCUT2D eigenvalue weighted by Gasteiger charge is -2.42. The predicted molar refractivity (Wildman–Crippen MR) is 171 cm³/mol. The van der Waals surface area contributed by atoms with Crippen LogP contribution < -0.4 is 19.6 Å². The molecule has 15 heteroatoms. The Kier molecular flexibility index (Phi) is 10.8. The number of hydrogen-bond acceptors (Lipinski definition) is 15. The highest BCUT2D eigenvalue weighted by Gasteiger charge is 2.46. The molecule has 5 rings (SSSR count). The van der Waals surface area contributed by atoms with Crippen molar-refractivity contribution in [1.82, 2.24) is 0 Å². The maximum absolute atomic E-state index is 12.9. The van der Waals surface area contributed by atoms with E-state index >= 15 is 0 Å². The number of aliphatic hydroxyl groups excluding tert-OH is 5. The van der Waals surface area contributed by atoms with Crippen LogP contribution in [0.3, 0.4) is 0 Å². The molecule has 1 saturated heterocycles. The van der Waals surface area contributed by atoms with Gasteiger partial charge in [0.25, 0.3) is 0 Å². The van der Waals surface area contributed by atoms with Gasteiger partial charge < -0.3 is 69.0 Å². The average molecular weight is 687 g/mol. The minimum Gasteiger partial charge on any atom is -0.508 e. The van der Waals surface area contributed by atoms with Crippen LogP contribution in [0.1, 0.15) is 17.2 Å². The topological polar surface area (TPSA) is 238 Å². The summed E-state index contributed by atoms with van der Waals surface area (Å²) in [5, 5.41) is 82.1. The van der Waals surface area contributed by atoms with Crippen molar-refractivity contribution in [2.75, 3.05) is 34.5 Å². The molecular formula is C34H38O15. The van der Waals surface area contributed by atoms with E-state index in [1.807, 2.05) is 0 Å². The molecular weight excluding hydrogens is 648 g/mol. The van der Waals surface area contributed by atoms with Crippen LogP contribution in [0.2, 0.25) is 0 Å². The number of benzene rings is 3. The number of ether oxygens (including phenoxy) is 5. The molecule has 0 bridgehead atoms. The largest absolute Gasteiger partial charge is 0.508 e. The summed E-state index contributed by atoms with van der Waals surface area (Å²) in [6, 6.07) is 10.8. The lowest BCUT2D eigenvalue weighted by Crippen LogP contribution is -2.59. The smallest absolute Gasteiger partial charge is 0.197 e. The van der Waals surface area contributed by atoms with Crippen LogP contribution >= 0.6 is 0 Å². The molecule has 0 aliphatic carbocycles. The fraction of sp³-hybridized carbons (Fsp3) is 0.382. The summed E-state index contributed by atoms with van der Waals surface area (Å²) in [4.78, 5) is 12.9. The van der Waals surface area contributed by atoms with Crippen molar-refractivity contribution in [3.63, 3.8) is 0 Å². The van der Waals surface area contributed by atoms with Gasteiger partial charge in [0.05, 0.1) is 34.0 Å². The zero-order valence-corrected chi connectivity index (χ0v) is 26.7. The van der Waals surface area contributed by atoms with Crippen molar-refractivity contribution in [2.45, 2.75) is 43.2 Å². The van der Waals surface area contributed by atoms with Gasteiger partial charge in [-0.25, -0.2) is 0 Å². The molecule has 1 aromatic heterocycles. The van der Waals surface area contributed by atoms with Crippen molar-refractivity contribution >= 4 is 11.0 Å². The second-order valence-electron chi connectivity index (χ2n) is 11.5. The number of fused-ring (bicyclic) bond motifs is 1. The Balaban J connectivity index is 1.56. The first-order valence-electron chi connectivity index (χ1n) is 15.1. The summed E-state index contributed by atoms with van der Waals surface area (Å²) >= 11 is 0. The molecule has 1 aliphatic heterocycles. The quantitative estimate of drug-likeness (QED) is 0.105. The van der Waals surface area contributed by atoms with E-state index in [1.165, 1.54) is 51.7 Å². The summed E-state index contributed by atoms with van der Waals surface area (Å²) in [5.41, 5.74) is 0.537. The average Bonchev–Trinajstić information content (AvgIpc) is 3.09. The standard InChI is InChI=1S/C34H38O15/c1-44-24-8-16(23-12-22(40)29-21(39)10-18(37)11-27(29)47-23)9-25(45-2)19(24)6-17(13-35)33(15-4-5-20(38)26(7-15)46-3)49-34-32(43)31(42)30(41)28(14-36)48-34/h4-5,7-12,17,28,30-39,41-43H,6,13-14H2,1-3H3/t17-,28?,30+,31?,32?,33?,34-/m0/s1. The van der Waals surface area contributed by atoms with Crippen LogP contribution in [0.25, 0.3) is 22.3 Å². The van der Waals surface area contributed by atoms with Crippen molar-refractivity contribution in [3.8, 4) is 45.8 Å². The number of methoxy groups -OCH3 is 3. The highest BCUT2D eigenvalue weighted by atomic mass is 16.7. The highest BCUT2D eigenvalue weighted by molar-refractivity contribution is 5.86. The fourth-order valence-corrected chi connectivity index (χ4v) is 5.91. The summed E-state index contributed by atoms with van der Waals surface area (Å²) in [6.07, 6.45) is -9.07. The first kappa shape index (κ1) is 35.7. The molecule has 15 nitrogen and oxygen atoms in total. The molecule has 1 aliphatic rings. The predicted octanol–water partition coefficient (Wildman–Crippen LogP) is 1.31. The van der Waals surface area contributed by atoms with Crippen molar-refractivity contribution in [2.24, 2.45) is 5.92 Å². The highest BCUT2D eigenvalue weighted by Crippen LogP contribution is 2.42. The Morgan fingerprint density at radius 2 is 1.47 bits per heavy atom. The maximum atomic E-state index is 12.9. The zero-order chi connectivity index (χ0) is 35.6. The number of hydrogen-bond donors (Lipinski definition) is 8. The second-order valence-corrected chi connectivity index (χ2v) is 11.5. The molecule has 49 heavy (non-hydrogen) atoms. The van der Waals surface area contributed by atoms with E-state index in [1.54, 1.807) is 12.1 Å². The van der Waals surface area contributed by atoms with Gasteiger partial charge in [0.2, 0.25) is 0 Å². The monoisotopic (exact) mass is 686 g/mol. The van der Waals surface area contributed by atoms with Crippen molar-refractivity contribution in [1.29, 1.82) is 0 Å². The van der Waals surface area contributed by atoms with Gasteiger partial charge in [0.1, 0.15) is 64.1 Å². The normalized spacial score (nSPS) is 22.1. The van der Waals surface area contributed by atoms with Crippen LogP contribution in [0, 0.1) is 5.92 Å². The molecule has 0 radical (unpaired) electrons. The molecule has 4 aromatic rings. The molecule has 7 atom stereocenters. The molecule has 0 spiro atoms. The van der Waals surface area contributed by atoms with Crippen molar-refractivity contribution in [3.05, 3.63) is 69.9 Å². The fourth-order valence-electron chi connectivity index (χ4n) is 5.91. The van der Waals surface area contributed by atoms with Gasteiger partial charge in [0.15, 0.2) is 23.2 Å². The van der Waals surface area contributed by atoms with E-state index < -0.39 is 67.1 Å². The lowest BCUT2D eigenvalue weighted by atomic mass is 9.88. The van der Waals surface area contributed by atoms with E-state index in [2.05, 4.69) is 0 Å². The third-order valence-corrected chi connectivity index (χ3v) is 8.48. The first-order chi connectivity index (χ1) is 23.4. The molecule has 0 amide bonds. The minimum atomic E-state index is -1.75. The Hall–Kier alpha value is -4.61. The summed E-state index contributed by atoms with van der Waals surface area (Å²) in [5.74, 6) is -1.13. The van der Waals surface area contributed by atoms with Gasteiger partial charge in [-0.15, -0.1) is 0 Å². The third kappa shape index (κ3) is 7.09. The molecule has 0 saturated carbocycles. The van der Waals surface area contributed by atoms with E-state index in [0.717, 1.165) is 6.07 Å². The molecule has 2 heterocycles. The minimum absolute atomic E-state index is 0.00216. The van der Waals surface area contributed by atoms with Crippen LogP contribution in [0.15, 0.2) is 57.7 Å². The van der Waals surface area contributed by atoms with Crippen LogP contribution in [0.5, 0.6) is 34.5 Å². The SMILES string of the molecule is COc1cc(C(O[C@@H]2OC(CO)[C@@H](O)C(O)C2O)[C@H](CO)Cc2c(OC)cc(-c3cc(=O)c4c(O)cc(O)cc4o3)cc2OC)ccc1O. The van der Waals surface area contributed by atoms with E-state index in [0.29, 0.717) is 16.7 Å². The maximum Gasteiger partial charge on any atom is 0.197 e. The number of phenolic OH excluding ortho intramolecular Hbond substituents is 3. The molecule has 8 N–H and O–H groups in total. The Morgan fingerprint density at radius 3 is 2.08 bits per heavy atom. The van der Waals surface area contributed by atoms with Gasteiger partial charge in [-0.05, 0) is 36.2 Å². The molecule has 4 unspecified atom stereocenters. The molecule has 3 aromatic carbocycles. The van der Waals surface area contributed by atoms with Gasteiger partial charge >= 0.3 is 0 Å². The molecule has 264 valence electrons. The van der Waals surface area contributed by atoms with Crippen molar-refractivity contribution < 1.29 is 69.0 Å². The third-order valence-electron chi connectivity index (χ3n) is 8.48. The van der Waals surface area contributed by atoms with Gasteiger partial charge in [-0.3, -0.25) is 4.79 Å².